The van der Waals surface area contributed by atoms with E-state index in [1.165, 1.54) is 30.3 Å². The number of para-hydroxylation sites is 2. The van der Waals surface area contributed by atoms with Crippen LogP contribution in [0.15, 0.2) is 119 Å². The third kappa shape index (κ3) is 4.98. The molecule has 0 saturated carbocycles. The van der Waals surface area contributed by atoms with Crippen molar-refractivity contribution >= 4 is 44.6 Å². The molecule has 0 atom stereocenters. The first-order valence-electron chi connectivity index (χ1n) is 10.1. The molecule has 162 valence electrons. The van der Waals surface area contributed by atoms with Crippen LogP contribution >= 0.6 is 11.6 Å². The molecule has 0 aliphatic rings. The lowest BCUT2D eigenvalue weighted by atomic mass is 10.1. The maximum absolute atomic E-state index is 12.9. The van der Waals surface area contributed by atoms with Crippen molar-refractivity contribution in [2.75, 3.05) is 4.90 Å². The van der Waals surface area contributed by atoms with Crippen LogP contribution < -0.4 is 4.90 Å². The summed E-state index contributed by atoms with van der Waals surface area (Å²) in [6.45, 7) is 0. The second-order valence-corrected chi connectivity index (χ2v) is 9.53. The van der Waals surface area contributed by atoms with Gasteiger partial charge >= 0.3 is 0 Å². The van der Waals surface area contributed by atoms with Crippen molar-refractivity contribution in [3.63, 3.8) is 0 Å². The number of hydrogen-bond donors (Lipinski definition) is 0. The number of benzene rings is 4. The summed E-state index contributed by atoms with van der Waals surface area (Å²) in [7, 11) is -3.95. The summed E-state index contributed by atoms with van der Waals surface area (Å²) in [5, 5.41) is 9.97. The van der Waals surface area contributed by atoms with Crippen LogP contribution in [0.2, 0.25) is 5.02 Å². The Hall–Kier alpha value is -3.85. The highest BCUT2D eigenvalue weighted by molar-refractivity contribution is 7.95. The summed E-state index contributed by atoms with van der Waals surface area (Å²) in [6.07, 6.45) is 1.38. The van der Waals surface area contributed by atoms with Crippen molar-refractivity contribution in [3.8, 4) is 6.07 Å². The van der Waals surface area contributed by atoms with Gasteiger partial charge in [-0.2, -0.15) is 5.26 Å². The van der Waals surface area contributed by atoms with Gasteiger partial charge in [0.2, 0.25) is 9.84 Å². The first kappa shape index (κ1) is 22.3. The molecule has 4 rings (SSSR count). The Morgan fingerprint density at radius 3 is 1.70 bits per heavy atom. The second kappa shape index (κ2) is 9.74. The molecule has 0 aromatic heterocycles. The lowest BCUT2D eigenvalue weighted by molar-refractivity contribution is 0.603. The van der Waals surface area contributed by atoms with Crippen LogP contribution in [0.5, 0.6) is 0 Å². The average Bonchev–Trinajstić information content (AvgIpc) is 2.85. The predicted octanol–water partition coefficient (Wildman–Crippen LogP) is 7.15. The van der Waals surface area contributed by atoms with E-state index in [4.69, 9.17) is 11.6 Å². The van der Waals surface area contributed by atoms with Crippen molar-refractivity contribution in [1.82, 2.24) is 0 Å². The molecule has 4 aromatic rings. The Morgan fingerprint density at radius 2 is 1.21 bits per heavy atom. The molecule has 4 nitrogen and oxygen atoms in total. The van der Waals surface area contributed by atoms with E-state index in [0.29, 0.717) is 10.6 Å². The Balaban J connectivity index is 1.70. The van der Waals surface area contributed by atoms with Crippen LogP contribution in [0.4, 0.5) is 17.1 Å². The smallest absolute Gasteiger partial charge is 0.216 e. The third-order valence-electron chi connectivity index (χ3n) is 5.00. The van der Waals surface area contributed by atoms with Gasteiger partial charge in [-0.3, -0.25) is 0 Å². The summed E-state index contributed by atoms with van der Waals surface area (Å²) >= 11 is 5.86. The molecule has 0 heterocycles. The van der Waals surface area contributed by atoms with Gasteiger partial charge in [0, 0.05) is 22.1 Å². The number of nitrogens with zero attached hydrogens (tertiary/aromatic N) is 2. The Morgan fingerprint density at radius 1 is 0.727 bits per heavy atom. The van der Waals surface area contributed by atoms with Crippen molar-refractivity contribution in [1.29, 1.82) is 5.26 Å². The molecule has 0 fully saturated rings. The van der Waals surface area contributed by atoms with Gasteiger partial charge in [-0.05, 0) is 72.3 Å². The van der Waals surface area contributed by atoms with E-state index >= 15 is 0 Å². The molecule has 0 amide bonds. The zero-order valence-corrected chi connectivity index (χ0v) is 19.0. The number of anilines is 3. The maximum Gasteiger partial charge on any atom is 0.216 e. The van der Waals surface area contributed by atoms with Gasteiger partial charge < -0.3 is 4.90 Å². The fourth-order valence-electron chi connectivity index (χ4n) is 3.38. The molecular weight excluding hydrogens is 452 g/mol. The molecule has 0 aliphatic heterocycles. The molecular formula is C27H19ClN2O2S. The monoisotopic (exact) mass is 470 g/mol. The number of nitriles is 1. The van der Waals surface area contributed by atoms with Gasteiger partial charge in [-0.15, -0.1) is 0 Å². The Labute approximate surface area is 198 Å². The maximum atomic E-state index is 12.9. The van der Waals surface area contributed by atoms with Gasteiger partial charge in [0.15, 0.2) is 0 Å². The van der Waals surface area contributed by atoms with Gasteiger partial charge in [0.05, 0.1) is 4.90 Å². The summed E-state index contributed by atoms with van der Waals surface area (Å²) in [5.41, 5.74) is 3.50. The predicted molar refractivity (Wildman–Crippen MR) is 133 cm³/mol. The number of sulfone groups is 1. The third-order valence-corrected chi connectivity index (χ3v) is 6.93. The minimum absolute atomic E-state index is 0.0238. The van der Waals surface area contributed by atoms with Gasteiger partial charge in [-0.1, -0.05) is 60.1 Å². The highest BCUT2D eigenvalue weighted by Gasteiger charge is 2.21. The van der Waals surface area contributed by atoms with E-state index in [-0.39, 0.29) is 9.80 Å². The quantitative estimate of drug-likeness (QED) is 0.281. The first-order valence-corrected chi connectivity index (χ1v) is 12.0. The standard InChI is InChI=1S/C27H19ClN2O2S/c28-22-13-17-26(18-14-22)33(31,32)27(20-29)19-21-11-15-25(16-12-21)30(23-7-3-1-4-8-23)24-9-5-2-6-10-24/h1-19H/b27-19-. The Kier molecular flexibility index (Phi) is 6.60. The van der Waals surface area contributed by atoms with Crippen molar-refractivity contribution in [3.05, 3.63) is 125 Å². The van der Waals surface area contributed by atoms with Gasteiger partial charge in [0.1, 0.15) is 11.0 Å². The number of rotatable bonds is 6. The molecule has 0 N–H and O–H groups in total. The van der Waals surface area contributed by atoms with E-state index in [2.05, 4.69) is 4.90 Å². The molecule has 0 aliphatic carbocycles. The molecule has 0 radical (unpaired) electrons. The van der Waals surface area contributed by atoms with E-state index < -0.39 is 9.84 Å². The van der Waals surface area contributed by atoms with Crippen LogP contribution in [0, 0.1) is 11.3 Å². The minimum atomic E-state index is -3.95. The molecule has 6 heteroatoms. The van der Waals surface area contributed by atoms with Gasteiger partial charge in [0.25, 0.3) is 0 Å². The van der Waals surface area contributed by atoms with Crippen LogP contribution in [0.3, 0.4) is 0 Å². The van der Waals surface area contributed by atoms with Crippen molar-refractivity contribution < 1.29 is 8.42 Å². The normalized spacial score (nSPS) is 11.6. The molecule has 0 unspecified atom stereocenters. The lowest BCUT2D eigenvalue weighted by Crippen LogP contribution is -2.09. The summed E-state index contributed by atoms with van der Waals surface area (Å²) in [6, 6.07) is 34.9. The number of allylic oxidation sites excluding steroid dienone is 1. The Bertz CT molecular complexity index is 1370. The second-order valence-electron chi connectivity index (χ2n) is 7.18. The minimum Gasteiger partial charge on any atom is -0.311 e. The molecule has 0 saturated heterocycles. The van der Waals surface area contributed by atoms with Crippen molar-refractivity contribution in [2.45, 2.75) is 4.90 Å². The number of halogens is 1. The summed E-state index contributed by atoms with van der Waals surface area (Å²) in [5.74, 6) is 0. The van der Waals surface area contributed by atoms with Crippen LogP contribution in [0.1, 0.15) is 5.56 Å². The topological polar surface area (TPSA) is 61.2 Å². The number of hydrogen-bond acceptors (Lipinski definition) is 4. The van der Waals surface area contributed by atoms with E-state index in [1.807, 2.05) is 78.9 Å². The molecule has 0 bridgehead atoms. The van der Waals surface area contributed by atoms with Crippen LogP contribution in [0.25, 0.3) is 6.08 Å². The summed E-state index contributed by atoms with van der Waals surface area (Å²) in [4.78, 5) is 1.79. The largest absolute Gasteiger partial charge is 0.311 e. The molecule has 4 aromatic carbocycles. The molecule has 0 spiro atoms. The highest BCUT2D eigenvalue weighted by Crippen LogP contribution is 2.34. The van der Waals surface area contributed by atoms with Crippen LogP contribution in [-0.4, -0.2) is 8.42 Å². The summed E-state index contributed by atoms with van der Waals surface area (Å²) < 4.78 is 25.8. The first-order chi connectivity index (χ1) is 16.0. The SMILES string of the molecule is N#C/C(=C/c1ccc(N(c2ccccc2)c2ccccc2)cc1)S(=O)(=O)c1ccc(Cl)cc1. The lowest BCUT2D eigenvalue weighted by Gasteiger charge is -2.25. The average molecular weight is 471 g/mol. The van der Waals surface area contributed by atoms with Crippen molar-refractivity contribution in [2.24, 2.45) is 0 Å². The zero-order valence-electron chi connectivity index (χ0n) is 17.5. The highest BCUT2D eigenvalue weighted by atomic mass is 35.5. The fraction of sp³-hybridized carbons (Fsp3) is 0. The molecule has 33 heavy (non-hydrogen) atoms. The van der Waals surface area contributed by atoms with Crippen LogP contribution in [-0.2, 0) is 9.84 Å². The van der Waals surface area contributed by atoms with E-state index in [9.17, 15) is 13.7 Å². The fourth-order valence-corrected chi connectivity index (χ4v) is 4.67. The van der Waals surface area contributed by atoms with E-state index in [1.54, 1.807) is 12.1 Å². The zero-order chi connectivity index (χ0) is 23.3. The van der Waals surface area contributed by atoms with Gasteiger partial charge in [-0.25, -0.2) is 8.42 Å². The van der Waals surface area contributed by atoms with E-state index in [0.717, 1.165) is 17.1 Å².